The molecule has 1 amide bonds. The summed E-state index contributed by atoms with van der Waals surface area (Å²) in [5.41, 5.74) is 8.80. The number of amidine groups is 1. The van der Waals surface area contributed by atoms with Gasteiger partial charge in [-0.05, 0) is 50.7 Å². The number of ether oxygens (including phenoxy) is 1. The highest BCUT2D eigenvalue weighted by molar-refractivity contribution is 6.37. The van der Waals surface area contributed by atoms with E-state index in [4.69, 9.17) is 10.5 Å². The summed E-state index contributed by atoms with van der Waals surface area (Å²) in [6, 6.07) is 7.83. The Morgan fingerprint density at radius 2 is 2.03 bits per heavy atom. The van der Waals surface area contributed by atoms with Crippen molar-refractivity contribution < 1.29 is 9.53 Å². The molecular formula is C27H33N7O3. The summed E-state index contributed by atoms with van der Waals surface area (Å²) in [5.74, 6) is 0.117. The maximum absolute atomic E-state index is 13.1. The van der Waals surface area contributed by atoms with Gasteiger partial charge in [0.05, 0.1) is 36.3 Å². The summed E-state index contributed by atoms with van der Waals surface area (Å²) < 4.78 is 8.87. The van der Waals surface area contributed by atoms with Gasteiger partial charge in [-0.2, -0.15) is 5.10 Å². The van der Waals surface area contributed by atoms with E-state index in [1.807, 2.05) is 45.0 Å². The normalized spacial score (nSPS) is 18.8. The Bertz CT molecular complexity index is 1380. The molecule has 194 valence electrons. The minimum atomic E-state index is -0.488. The Morgan fingerprint density at radius 3 is 2.65 bits per heavy atom. The van der Waals surface area contributed by atoms with Gasteiger partial charge in [0.25, 0.3) is 11.5 Å². The summed E-state index contributed by atoms with van der Waals surface area (Å²) in [4.78, 5) is 34.8. The van der Waals surface area contributed by atoms with Gasteiger partial charge in [-0.25, -0.2) is 14.7 Å². The first-order valence-electron chi connectivity index (χ1n) is 12.8. The Morgan fingerprint density at radius 1 is 1.27 bits per heavy atom. The lowest BCUT2D eigenvalue weighted by Gasteiger charge is -2.18. The van der Waals surface area contributed by atoms with Gasteiger partial charge in [0.2, 0.25) is 0 Å². The lowest BCUT2D eigenvalue weighted by molar-refractivity contribution is -0.115. The number of nitrogens with one attached hydrogen (secondary N) is 1. The monoisotopic (exact) mass is 503 g/mol. The molecule has 1 aliphatic heterocycles. The molecule has 10 heteroatoms. The van der Waals surface area contributed by atoms with Crippen molar-refractivity contribution in [3.05, 3.63) is 64.5 Å². The number of hydrogen-bond acceptors (Lipinski definition) is 6. The summed E-state index contributed by atoms with van der Waals surface area (Å²) in [7, 11) is 0. The van der Waals surface area contributed by atoms with E-state index in [1.165, 1.54) is 0 Å². The average Bonchev–Trinajstić information content (AvgIpc) is 3.28. The SMILES string of the molecule is CCc1cnn(C(C)C)c1/N=C(\N)C(=O)NC1(c2ccc(-c3cncn([C@H]4CCOC4)c3=O)cc2)CC1. The lowest BCUT2D eigenvalue weighted by atomic mass is 10.0. The standard InChI is InChI=1S/C27H33N7O3/c1-4-18-13-30-34(17(2)3)24(18)31-23(28)25(35)32-27(10-11-27)20-7-5-19(6-8-20)22-14-29-16-33(26(22)36)21-9-12-37-15-21/h5-8,13-14,16-17,21H,4,9-12,15H2,1-3H3,(H2,28,31)(H,32,35)/t21-/m0/s1. The van der Waals surface area contributed by atoms with Crippen LogP contribution in [-0.4, -0.2) is 44.3 Å². The molecule has 1 saturated carbocycles. The molecule has 3 aromatic rings. The molecule has 3 N–H and O–H groups in total. The van der Waals surface area contributed by atoms with Gasteiger partial charge in [0.15, 0.2) is 11.7 Å². The molecule has 0 radical (unpaired) electrons. The van der Waals surface area contributed by atoms with Crippen LogP contribution in [0.3, 0.4) is 0 Å². The number of amides is 1. The van der Waals surface area contributed by atoms with E-state index in [0.29, 0.717) is 24.6 Å². The highest BCUT2D eigenvalue weighted by atomic mass is 16.5. The van der Waals surface area contributed by atoms with Crippen LogP contribution in [0.25, 0.3) is 11.1 Å². The summed E-state index contributed by atoms with van der Waals surface area (Å²) in [6.45, 7) is 7.21. The van der Waals surface area contributed by atoms with Crippen molar-refractivity contribution in [1.29, 1.82) is 0 Å². The average molecular weight is 504 g/mol. The van der Waals surface area contributed by atoms with Gasteiger partial charge in [-0.3, -0.25) is 14.2 Å². The van der Waals surface area contributed by atoms with E-state index in [2.05, 4.69) is 20.4 Å². The van der Waals surface area contributed by atoms with Crippen LogP contribution in [-0.2, 0) is 21.5 Å². The number of aliphatic imine (C=N–C) groups is 1. The van der Waals surface area contributed by atoms with Crippen LogP contribution in [0.5, 0.6) is 0 Å². The summed E-state index contributed by atoms with van der Waals surface area (Å²) in [6.07, 6.45) is 8.10. The third-order valence-electron chi connectivity index (χ3n) is 7.18. The fourth-order valence-electron chi connectivity index (χ4n) is 4.79. The van der Waals surface area contributed by atoms with Gasteiger partial charge < -0.3 is 15.8 Å². The maximum Gasteiger partial charge on any atom is 0.287 e. The zero-order valence-corrected chi connectivity index (χ0v) is 21.5. The highest BCUT2D eigenvalue weighted by Crippen LogP contribution is 2.45. The van der Waals surface area contributed by atoms with Crippen LogP contribution in [0.1, 0.15) is 63.2 Å². The van der Waals surface area contributed by atoms with Gasteiger partial charge >= 0.3 is 0 Å². The molecule has 2 aromatic heterocycles. The van der Waals surface area contributed by atoms with E-state index in [-0.39, 0.29) is 23.5 Å². The minimum absolute atomic E-state index is 0.0175. The number of nitrogens with zero attached hydrogens (tertiary/aromatic N) is 5. The molecule has 5 rings (SSSR count). The second-order valence-corrected chi connectivity index (χ2v) is 10.0. The van der Waals surface area contributed by atoms with Crippen molar-refractivity contribution in [2.75, 3.05) is 13.2 Å². The summed E-state index contributed by atoms with van der Waals surface area (Å²) >= 11 is 0. The van der Waals surface area contributed by atoms with Gasteiger partial charge in [0.1, 0.15) is 0 Å². The third-order valence-corrected chi connectivity index (χ3v) is 7.18. The van der Waals surface area contributed by atoms with Gasteiger partial charge in [-0.15, -0.1) is 0 Å². The van der Waals surface area contributed by atoms with Crippen LogP contribution in [0.2, 0.25) is 0 Å². The van der Waals surface area contributed by atoms with Crippen molar-refractivity contribution in [3.8, 4) is 11.1 Å². The second-order valence-electron chi connectivity index (χ2n) is 10.0. The fourth-order valence-corrected chi connectivity index (χ4v) is 4.79. The number of aryl methyl sites for hydroxylation is 1. The first-order chi connectivity index (χ1) is 17.8. The van der Waals surface area contributed by atoms with E-state index < -0.39 is 11.4 Å². The second kappa shape index (κ2) is 9.93. The molecule has 10 nitrogen and oxygen atoms in total. The number of carbonyl (C=O) groups excluding carboxylic acids is 1. The Balaban J connectivity index is 1.34. The fraction of sp³-hybridized carbons (Fsp3) is 0.444. The van der Waals surface area contributed by atoms with Crippen molar-refractivity contribution in [3.63, 3.8) is 0 Å². The predicted octanol–water partition coefficient (Wildman–Crippen LogP) is 3.01. The molecule has 0 unspecified atom stereocenters. The van der Waals surface area contributed by atoms with Crippen molar-refractivity contribution in [1.82, 2.24) is 24.6 Å². The van der Waals surface area contributed by atoms with E-state index in [0.717, 1.165) is 42.4 Å². The predicted molar refractivity (Wildman–Crippen MR) is 141 cm³/mol. The Kier molecular flexibility index (Phi) is 6.68. The smallest absolute Gasteiger partial charge is 0.287 e. The zero-order chi connectivity index (χ0) is 26.2. The quantitative estimate of drug-likeness (QED) is 0.377. The molecule has 1 saturated heterocycles. The van der Waals surface area contributed by atoms with Crippen molar-refractivity contribution in [2.24, 2.45) is 10.7 Å². The first-order valence-corrected chi connectivity index (χ1v) is 12.8. The molecule has 0 spiro atoms. The molecule has 37 heavy (non-hydrogen) atoms. The van der Waals surface area contributed by atoms with Crippen molar-refractivity contribution in [2.45, 2.75) is 64.1 Å². The molecular weight excluding hydrogens is 470 g/mol. The van der Waals surface area contributed by atoms with E-state index in [9.17, 15) is 9.59 Å². The van der Waals surface area contributed by atoms with Crippen LogP contribution < -0.4 is 16.6 Å². The molecule has 1 aromatic carbocycles. The van der Waals surface area contributed by atoms with Crippen molar-refractivity contribution >= 4 is 17.6 Å². The minimum Gasteiger partial charge on any atom is -0.379 e. The molecule has 1 atom stereocenters. The number of hydrogen-bond donors (Lipinski definition) is 2. The topological polar surface area (TPSA) is 129 Å². The van der Waals surface area contributed by atoms with Crippen LogP contribution in [0.15, 0.2) is 52.8 Å². The van der Waals surface area contributed by atoms with Crippen LogP contribution in [0, 0.1) is 0 Å². The highest BCUT2D eigenvalue weighted by Gasteiger charge is 2.46. The molecule has 0 bridgehead atoms. The zero-order valence-electron chi connectivity index (χ0n) is 21.5. The lowest BCUT2D eigenvalue weighted by Crippen LogP contribution is -2.42. The largest absolute Gasteiger partial charge is 0.379 e. The number of aromatic nitrogens is 4. The van der Waals surface area contributed by atoms with Gasteiger partial charge in [0, 0.05) is 24.4 Å². The molecule has 2 fully saturated rings. The van der Waals surface area contributed by atoms with E-state index in [1.54, 1.807) is 28.0 Å². The number of nitrogens with two attached hydrogens (primary N) is 1. The first kappa shape index (κ1) is 24.9. The van der Waals surface area contributed by atoms with Crippen LogP contribution >= 0.6 is 0 Å². The van der Waals surface area contributed by atoms with E-state index >= 15 is 0 Å². The molecule has 3 heterocycles. The number of benzene rings is 1. The van der Waals surface area contributed by atoms with Crippen LogP contribution in [0.4, 0.5) is 5.82 Å². The summed E-state index contributed by atoms with van der Waals surface area (Å²) in [5, 5.41) is 7.47. The third kappa shape index (κ3) is 4.81. The maximum atomic E-state index is 13.1. The molecule has 1 aliphatic carbocycles. The molecule has 2 aliphatic rings. The number of rotatable bonds is 7. The Labute approximate surface area is 215 Å². The number of carbonyl (C=O) groups is 1. The van der Waals surface area contributed by atoms with Gasteiger partial charge in [-0.1, -0.05) is 31.2 Å². The Hall–Kier alpha value is -3.79.